The van der Waals surface area contributed by atoms with Crippen molar-refractivity contribution in [3.63, 3.8) is 0 Å². The highest BCUT2D eigenvalue weighted by Gasteiger charge is 2.25. The van der Waals surface area contributed by atoms with E-state index in [1.165, 1.54) is 6.08 Å². The lowest BCUT2D eigenvalue weighted by molar-refractivity contribution is -1.08. The van der Waals surface area contributed by atoms with Crippen LogP contribution in [-0.4, -0.2) is 30.2 Å². The molecule has 0 radical (unpaired) electrons. The zero-order valence-corrected chi connectivity index (χ0v) is 10.1. The van der Waals surface area contributed by atoms with Crippen LogP contribution < -0.4 is 17.0 Å². The number of halogens is 1. The molecule has 78 valence electrons. The third-order valence-corrected chi connectivity index (χ3v) is 2.18. The van der Waals surface area contributed by atoms with E-state index >= 15 is 0 Å². The molecule has 0 saturated carbocycles. The van der Waals surface area contributed by atoms with Gasteiger partial charge in [0, 0.05) is 6.08 Å². The van der Waals surface area contributed by atoms with Gasteiger partial charge < -0.3 is 17.0 Å². The third kappa shape index (κ3) is 4.43. The number of quaternary nitrogens is 1. The highest BCUT2D eigenvalue weighted by Crippen LogP contribution is 2.07. The number of hydroxylamine groups is 3. The molecule has 0 aromatic rings. The minimum Gasteiger partial charge on any atom is -1.00 e. The van der Waals surface area contributed by atoms with Crippen LogP contribution in [0, 0.1) is 0 Å². The van der Waals surface area contributed by atoms with E-state index in [1.807, 2.05) is 20.8 Å². The highest BCUT2D eigenvalue weighted by molar-refractivity contribution is 5.80. The first-order chi connectivity index (χ1) is 5.64. The van der Waals surface area contributed by atoms with Crippen LogP contribution in [0.4, 0.5) is 0 Å². The Morgan fingerprint density at radius 2 is 1.69 bits per heavy atom. The third-order valence-electron chi connectivity index (χ3n) is 2.18. The maximum absolute atomic E-state index is 10.9. The summed E-state index contributed by atoms with van der Waals surface area (Å²) in [6.07, 6.45) is 1.20. The van der Waals surface area contributed by atoms with E-state index in [0.29, 0.717) is 4.65 Å². The Morgan fingerprint density at radius 1 is 1.31 bits per heavy atom. The van der Waals surface area contributed by atoms with Crippen LogP contribution in [0.3, 0.4) is 0 Å². The molecule has 0 spiro atoms. The molecule has 3 nitrogen and oxygen atoms in total. The average molecular weight is 252 g/mol. The Balaban J connectivity index is 0. The lowest BCUT2D eigenvalue weighted by Crippen LogP contribution is -3.00. The summed E-state index contributed by atoms with van der Waals surface area (Å²) in [6, 6.07) is 0. The molecule has 0 N–H and O–H groups in total. The van der Waals surface area contributed by atoms with Gasteiger partial charge in [-0.05, 0) is 20.8 Å². The molecule has 0 aromatic carbocycles. The van der Waals surface area contributed by atoms with Crippen molar-refractivity contribution in [2.75, 3.05) is 19.6 Å². The largest absolute Gasteiger partial charge is 1.00 e. The molecule has 0 aromatic heterocycles. The molecular weight excluding hydrogens is 234 g/mol. The minimum atomic E-state index is -0.347. The fourth-order valence-electron chi connectivity index (χ4n) is 1.09. The predicted molar refractivity (Wildman–Crippen MR) is 48.2 cm³/mol. The van der Waals surface area contributed by atoms with Crippen LogP contribution in [0.2, 0.25) is 0 Å². The van der Waals surface area contributed by atoms with E-state index in [2.05, 4.69) is 6.58 Å². The van der Waals surface area contributed by atoms with Gasteiger partial charge in [-0.3, -0.25) is 4.84 Å². The average Bonchev–Trinajstić information content (AvgIpc) is 2.14. The summed E-state index contributed by atoms with van der Waals surface area (Å²) in [5.74, 6) is -0.347. The first-order valence-electron chi connectivity index (χ1n) is 4.36. The van der Waals surface area contributed by atoms with Gasteiger partial charge in [0.2, 0.25) is 0 Å². The van der Waals surface area contributed by atoms with E-state index in [0.717, 1.165) is 19.6 Å². The molecule has 0 saturated heterocycles. The molecule has 0 aliphatic rings. The van der Waals surface area contributed by atoms with Gasteiger partial charge in [0.05, 0.1) is 0 Å². The second-order valence-corrected chi connectivity index (χ2v) is 2.62. The topological polar surface area (TPSA) is 26.3 Å². The monoisotopic (exact) mass is 251 g/mol. The molecule has 0 rings (SSSR count). The number of nitrogens with zero attached hydrogens (tertiary/aromatic N) is 1. The van der Waals surface area contributed by atoms with Crippen molar-refractivity contribution in [2.45, 2.75) is 20.8 Å². The van der Waals surface area contributed by atoms with Crippen molar-refractivity contribution in [3.05, 3.63) is 12.7 Å². The standard InChI is InChI=1S/C9H18NO2.BrH/c1-5-9(11)12-10(6-2,7-3)8-4;/h5H,1,6-8H2,2-4H3;1H/q+1;/p-1. The van der Waals surface area contributed by atoms with Gasteiger partial charge in [-0.2, -0.15) is 0 Å². The van der Waals surface area contributed by atoms with Crippen molar-refractivity contribution in [2.24, 2.45) is 0 Å². The lowest BCUT2D eigenvalue weighted by atomic mass is 10.5. The molecule has 0 amide bonds. The van der Waals surface area contributed by atoms with E-state index < -0.39 is 0 Å². The highest BCUT2D eigenvalue weighted by atomic mass is 79.9. The van der Waals surface area contributed by atoms with E-state index in [4.69, 9.17) is 4.84 Å². The summed E-state index contributed by atoms with van der Waals surface area (Å²) in [7, 11) is 0. The molecule has 0 atom stereocenters. The molecule has 0 heterocycles. The second kappa shape index (κ2) is 7.09. The summed E-state index contributed by atoms with van der Waals surface area (Å²) >= 11 is 0. The zero-order chi connectivity index (χ0) is 9.61. The summed E-state index contributed by atoms with van der Waals surface area (Å²) < 4.78 is 0.380. The van der Waals surface area contributed by atoms with Gasteiger partial charge in [0.25, 0.3) is 0 Å². The summed E-state index contributed by atoms with van der Waals surface area (Å²) in [5.41, 5.74) is 0. The van der Waals surface area contributed by atoms with Crippen LogP contribution in [0.25, 0.3) is 0 Å². The van der Waals surface area contributed by atoms with Gasteiger partial charge in [-0.25, -0.2) is 4.79 Å². The zero-order valence-electron chi connectivity index (χ0n) is 8.55. The summed E-state index contributed by atoms with van der Waals surface area (Å²) in [4.78, 5) is 16.2. The number of rotatable bonds is 5. The van der Waals surface area contributed by atoms with Crippen molar-refractivity contribution in [1.29, 1.82) is 0 Å². The summed E-state index contributed by atoms with van der Waals surface area (Å²) in [6.45, 7) is 11.8. The van der Waals surface area contributed by atoms with Gasteiger partial charge in [0.15, 0.2) is 0 Å². The van der Waals surface area contributed by atoms with E-state index in [1.54, 1.807) is 0 Å². The van der Waals surface area contributed by atoms with Gasteiger partial charge in [0.1, 0.15) is 19.6 Å². The SMILES string of the molecule is C=CC(=O)O[N+](CC)(CC)CC.[Br-]. The molecule has 0 bridgehead atoms. The first-order valence-corrected chi connectivity index (χ1v) is 4.36. The Morgan fingerprint density at radius 3 is 1.92 bits per heavy atom. The van der Waals surface area contributed by atoms with E-state index in [-0.39, 0.29) is 23.0 Å². The lowest BCUT2D eigenvalue weighted by Gasteiger charge is -2.30. The quantitative estimate of drug-likeness (QED) is 0.338. The summed E-state index contributed by atoms with van der Waals surface area (Å²) in [5, 5.41) is 0. The maximum Gasteiger partial charge on any atom is 0.389 e. The van der Waals surface area contributed by atoms with Crippen LogP contribution in [0.1, 0.15) is 20.8 Å². The van der Waals surface area contributed by atoms with Crippen molar-refractivity contribution >= 4 is 5.97 Å². The number of carbonyl (C=O) groups excluding carboxylic acids is 1. The number of hydrogen-bond donors (Lipinski definition) is 0. The van der Waals surface area contributed by atoms with Crippen LogP contribution in [-0.2, 0) is 9.63 Å². The van der Waals surface area contributed by atoms with Crippen molar-refractivity contribution in [3.8, 4) is 0 Å². The number of carbonyl (C=O) groups is 1. The Labute approximate surface area is 90.7 Å². The van der Waals surface area contributed by atoms with Crippen LogP contribution >= 0.6 is 0 Å². The normalized spacial score (nSPS) is 10.1. The smallest absolute Gasteiger partial charge is 0.389 e. The Kier molecular flexibility index (Phi) is 8.26. The Bertz CT molecular complexity index is 159. The second-order valence-electron chi connectivity index (χ2n) is 2.62. The molecule has 0 fully saturated rings. The molecule has 0 unspecified atom stereocenters. The van der Waals surface area contributed by atoms with Gasteiger partial charge >= 0.3 is 5.97 Å². The first kappa shape index (κ1) is 15.1. The Hall–Kier alpha value is -0.350. The predicted octanol–water partition coefficient (Wildman–Crippen LogP) is -1.49. The molecule has 0 aliphatic carbocycles. The van der Waals surface area contributed by atoms with Crippen molar-refractivity contribution < 1.29 is 31.3 Å². The van der Waals surface area contributed by atoms with E-state index in [9.17, 15) is 4.79 Å². The van der Waals surface area contributed by atoms with Crippen molar-refractivity contribution in [1.82, 2.24) is 0 Å². The van der Waals surface area contributed by atoms with Crippen LogP contribution in [0.5, 0.6) is 0 Å². The van der Waals surface area contributed by atoms with Crippen LogP contribution in [0.15, 0.2) is 12.7 Å². The fraction of sp³-hybridized carbons (Fsp3) is 0.667. The van der Waals surface area contributed by atoms with Gasteiger partial charge in [-0.1, -0.05) is 6.58 Å². The molecular formula is C9H18BrNO2. The maximum atomic E-state index is 10.9. The number of hydrogen-bond acceptors (Lipinski definition) is 2. The van der Waals surface area contributed by atoms with Gasteiger partial charge in [-0.15, -0.1) is 4.65 Å². The molecule has 0 aliphatic heterocycles. The molecule has 13 heavy (non-hydrogen) atoms. The molecule has 4 heteroatoms. The minimum absolute atomic E-state index is 0. The fourth-order valence-corrected chi connectivity index (χ4v) is 1.09.